The highest BCUT2D eigenvalue weighted by Gasteiger charge is 2.26. The van der Waals surface area contributed by atoms with Gasteiger partial charge in [-0.25, -0.2) is 4.39 Å². The summed E-state index contributed by atoms with van der Waals surface area (Å²) >= 11 is 2.29. The number of benzene rings is 2. The molecule has 160 valence electrons. The number of halogens is 2. The van der Waals surface area contributed by atoms with Crippen molar-refractivity contribution in [1.29, 1.82) is 0 Å². The molecular weight excluding hydrogens is 496 g/mol. The molecule has 0 saturated heterocycles. The zero-order valence-corrected chi connectivity index (χ0v) is 20.3. The summed E-state index contributed by atoms with van der Waals surface area (Å²) < 4.78 is 26.9. The molecule has 0 aromatic heterocycles. The Hall–Kier alpha value is -2.06. The first-order chi connectivity index (χ1) is 14.0. The van der Waals surface area contributed by atoms with Crippen molar-refractivity contribution in [3.63, 3.8) is 0 Å². The first-order valence-corrected chi connectivity index (χ1v) is 10.8. The van der Waals surface area contributed by atoms with E-state index in [9.17, 15) is 9.50 Å². The van der Waals surface area contributed by atoms with Crippen LogP contribution < -0.4 is 4.74 Å². The molecule has 0 atom stereocenters. The Kier molecular flexibility index (Phi) is 6.48. The van der Waals surface area contributed by atoms with Crippen LogP contribution in [0.4, 0.5) is 4.39 Å². The Morgan fingerprint density at radius 1 is 1.13 bits per heavy atom. The number of ether oxygens (including phenoxy) is 2. The van der Waals surface area contributed by atoms with Crippen molar-refractivity contribution in [1.82, 2.24) is 4.90 Å². The van der Waals surface area contributed by atoms with Gasteiger partial charge in [0.1, 0.15) is 23.1 Å². The summed E-state index contributed by atoms with van der Waals surface area (Å²) in [5.74, 6) is 1.72. The lowest BCUT2D eigenvalue weighted by Crippen LogP contribution is -2.20. The molecule has 30 heavy (non-hydrogen) atoms. The number of aryl methyl sites for hydroxylation is 2. The van der Waals surface area contributed by atoms with Crippen LogP contribution >= 0.6 is 22.6 Å². The standard InChI is InChI=1S/C24H27FINO3/c1-14-9-17(25)10-15(2)22(14)30-21-8-7-16(24(3,4)28)11-18(21)19-12-27(5)13-20(26)23(19)29-6/h7-12,28H,13H2,1-6H3. The second-order valence-corrected chi connectivity index (χ2v) is 9.44. The van der Waals surface area contributed by atoms with Crippen LogP contribution in [-0.4, -0.2) is 30.7 Å². The monoisotopic (exact) mass is 523 g/mol. The van der Waals surface area contributed by atoms with Crippen LogP contribution in [0, 0.1) is 19.7 Å². The zero-order chi connectivity index (χ0) is 22.2. The van der Waals surface area contributed by atoms with E-state index in [1.807, 2.05) is 45.3 Å². The van der Waals surface area contributed by atoms with Gasteiger partial charge in [0.2, 0.25) is 0 Å². The zero-order valence-electron chi connectivity index (χ0n) is 18.1. The number of hydrogen-bond acceptors (Lipinski definition) is 4. The van der Waals surface area contributed by atoms with Crippen molar-refractivity contribution in [2.75, 3.05) is 20.7 Å². The summed E-state index contributed by atoms with van der Waals surface area (Å²) in [5.41, 5.74) is 2.86. The van der Waals surface area contributed by atoms with Crippen LogP contribution in [0.25, 0.3) is 5.57 Å². The number of allylic oxidation sites excluding steroid dienone is 1. The number of aliphatic hydroxyl groups is 1. The predicted molar refractivity (Wildman–Crippen MR) is 126 cm³/mol. The van der Waals surface area contributed by atoms with Gasteiger partial charge in [-0.1, -0.05) is 6.07 Å². The molecule has 0 fully saturated rings. The molecule has 6 heteroatoms. The Morgan fingerprint density at radius 3 is 2.33 bits per heavy atom. The van der Waals surface area contributed by atoms with Crippen molar-refractivity contribution < 1.29 is 19.0 Å². The number of methoxy groups -OCH3 is 1. The first-order valence-electron chi connectivity index (χ1n) is 9.68. The van der Waals surface area contributed by atoms with E-state index in [-0.39, 0.29) is 5.82 Å². The molecule has 0 spiro atoms. The lowest BCUT2D eigenvalue weighted by Gasteiger charge is -2.27. The molecular formula is C24H27FINO3. The van der Waals surface area contributed by atoms with Crippen molar-refractivity contribution in [2.45, 2.75) is 33.3 Å². The van der Waals surface area contributed by atoms with Gasteiger partial charge >= 0.3 is 0 Å². The third-order valence-corrected chi connectivity index (χ3v) is 5.88. The van der Waals surface area contributed by atoms with Crippen molar-refractivity contribution in [3.05, 3.63) is 73.9 Å². The van der Waals surface area contributed by atoms with E-state index in [2.05, 4.69) is 27.5 Å². The van der Waals surface area contributed by atoms with Crippen LogP contribution in [0.5, 0.6) is 11.5 Å². The molecule has 0 saturated carbocycles. The number of nitrogens with zero attached hydrogens (tertiary/aromatic N) is 1. The third-order valence-electron chi connectivity index (χ3n) is 5.05. The quantitative estimate of drug-likeness (QED) is 0.486. The van der Waals surface area contributed by atoms with Crippen molar-refractivity contribution >= 4 is 28.2 Å². The molecule has 3 rings (SSSR count). The first kappa shape index (κ1) is 22.6. The van der Waals surface area contributed by atoms with Gasteiger partial charge in [0.15, 0.2) is 0 Å². The van der Waals surface area contributed by atoms with Crippen LogP contribution in [0.1, 0.15) is 36.1 Å². The van der Waals surface area contributed by atoms with E-state index in [1.165, 1.54) is 12.1 Å². The molecule has 2 aromatic rings. The molecule has 1 N–H and O–H groups in total. The van der Waals surface area contributed by atoms with Crippen LogP contribution in [0.15, 0.2) is 45.9 Å². The molecule has 1 heterocycles. The highest BCUT2D eigenvalue weighted by atomic mass is 127. The van der Waals surface area contributed by atoms with E-state index < -0.39 is 5.60 Å². The fraction of sp³-hybridized carbons (Fsp3) is 0.333. The van der Waals surface area contributed by atoms with E-state index in [0.29, 0.717) is 11.5 Å². The summed E-state index contributed by atoms with van der Waals surface area (Å²) in [6.07, 6.45) is 2.02. The van der Waals surface area contributed by atoms with Gasteiger partial charge < -0.3 is 19.5 Å². The van der Waals surface area contributed by atoms with Crippen LogP contribution in [0.2, 0.25) is 0 Å². The second-order valence-electron chi connectivity index (χ2n) is 8.14. The van der Waals surface area contributed by atoms with Crippen LogP contribution in [0.3, 0.4) is 0 Å². The smallest absolute Gasteiger partial charge is 0.139 e. The fourth-order valence-electron chi connectivity index (χ4n) is 3.55. The Morgan fingerprint density at radius 2 is 1.77 bits per heavy atom. The Balaban J connectivity index is 2.20. The van der Waals surface area contributed by atoms with E-state index in [4.69, 9.17) is 9.47 Å². The number of hydrogen-bond donors (Lipinski definition) is 1. The summed E-state index contributed by atoms with van der Waals surface area (Å²) in [5, 5.41) is 10.6. The molecule has 0 radical (unpaired) electrons. The summed E-state index contributed by atoms with van der Waals surface area (Å²) in [6, 6.07) is 8.55. The summed E-state index contributed by atoms with van der Waals surface area (Å²) in [7, 11) is 3.65. The van der Waals surface area contributed by atoms with Gasteiger partial charge in [0.05, 0.1) is 22.8 Å². The Labute approximate surface area is 191 Å². The molecule has 0 bridgehead atoms. The highest BCUT2D eigenvalue weighted by molar-refractivity contribution is 14.1. The average molecular weight is 523 g/mol. The molecule has 2 aromatic carbocycles. The second kappa shape index (κ2) is 8.59. The van der Waals surface area contributed by atoms with Gasteiger partial charge in [-0.15, -0.1) is 0 Å². The number of rotatable bonds is 5. The van der Waals surface area contributed by atoms with E-state index in [1.54, 1.807) is 21.0 Å². The minimum Gasteiger partial charge on any atom is -0.495 e. The fourth-order valence-corrected chi connectivity index (χ4v) is 4.60. The van der Waals surface area contributed by atoms with E-state index in [0.717, 1.165) is 43.7 Å². The maximum absolute atomic E-state index is 13.8. The lowest BCUT2D eigenvalue weighted by molar-refractivity contribution is 0.0785. The summed E-state index contributed by atoms with van der Waals surface area (Å²) in [6.45, 7) is 7.91. The van der Waals surface area contributed by atoms with Gasteiger partial charge in [0, 0.05) is 24.4 Å². The topological polar surface area (TPSA) is 41.9 Å². The molecule has 1 aliphatic heterocycles. The van der Waals surface area contributed by atoms with Crippen molar-refractivity contribution in [3.8, 4) is 11.5 Å². The number of likely N-dealkylation sites (N-methyl/N-ethyl adjacent to an activating group) is 1. The van der Waals surface area contributed by atoms with Crippen LogP contribution in [-0.2, 0) is 10.3 Å². The Bertz CT molecular complexity index is 1010. The minimum atomic E-state index is -1.01. The summed E-state index contributed by atoms with van der Waals surface area (Å²) in [4.78, 5) is 2.08. The SMILES string of the molecule is COC1=C(I)CN(C)C=C1c1cc(C(C)(C)O)ccc1Oc1c(C)cc(F)cc1C. The normalized spacial score (nSPS) is 14.7. The van der Waals surface area contributed by atoms with Gasteiger partial charge in [-0.3, -0.25) is 0 Å². The molecule has 0 aliphatic carbocycles. The molecule has 0 unspecified atom stereocenters. The largest absolute Gasteiger partial charge is 0.495 e. The highest BCUT2D eigenvalue weighted by Crippen LogP contribution is 2.41. The maximum atomic E-state index is 13.8. The maximum Gasteiger partial charge on any atom is 0.139 e. The molecule has 4 nitrogen and oxygen atoms in total. The van der Waals surface area contributed by atoms with Gasteiger partial charge in [-0.2, -0.15) is 0 Å². The third kappa shape index (κ3) is 4.64. The minimum absolute atomic E-state index is 0.286. The predicted octanol–water partition coefficient (Wildman–Crippen LogP) is 6.04. The van der Waals surface area contributed by atoms with Crippen molar-refractivity contribution in [2.24, 2.45) is 0 Å². The average Bonchev–Trinajstić information content (AvgIpc) is 2.63. The van der Waals surface area contributed by atoms with E-state index >= 15 is 0 Å². The lowest BCUT2D eigenvalue weighted by atomic mass is 9.92. The van der Waals surface area contributed by atoms with Gasteiger partial charge in [-0.05, 0) is 91.2 Å². The molecule has 1 aliphatic rings. The molecule has 0 amide bonds. The van der Waals surface area contributed by atoms with Gasteiger partial charge in [0.25, 0.3) is 0 Å².